The van der Waals surface area contributed by atoms with E-state index in [1.807, 2.05) is 19.1 Å². The minimum atomic E-state index is -0.200. The molecule has 0 bridgehead atoms. The molecule has 1 unspecified atom stereocenters. The van der Waals surface area contributed by atoms with Gasteiger partial charge < -0.3 is 20.3 Å². The number of rotatable bonds is 6. The highest BCUT2D eigenvalue weighted by molar-refractivity contribution is 14.0. The molecule has 7 heteroatoms. The minimum absolute atomic E-state index is 0. The molecule has 2 N–H and O–H groups in total. The average molecular weight is 450 g/mol. The Morgan fingerprint density at radius 3 is 2.75 bits per heavy atom. The third kappa shape index (κ3) is 7.76. The monoisotopic (exact) mass is 450 g/mol. The van der Waals surface area contributed by atoms with Gasteiger partial charge in [-0.15, -0.1) is 24.0 Å². The Balaban J connectivity index is 0.00000288. The molecule has 0 saturated carbocycles. The van der Waals surface area contributed by atoms with E-state index in [1.54, 1.807) is 0 Å². The van der Waals surface area contributed by atoms with Crippen molar-refractivity contribution in [3.63, 3.8) is 0 Å². The summed E-state index contributed by atoms with van der Waals surface area (Å²) < 4.78 is 18.6. The highest BCUT2D eigenvalue weighted by Crippen LogP contribution is 2.04. The van der Waals surface area contributed by atoms with Gasteiger partial charge in [0, 0.05) is 26.2 Å². The van der Waals surface area contributed by atoms with Crippen LogP contribution in [-0.4, -0.2) is 63.3 Å². The molecule has 0 amide bonds. The van der Waals surface area contributed by atoms with Crippen LogP contribution in [0.1, 0.15) is 12.5 Å². The van der Waals surface area contributed by atoms with Crippen molar-refractivity contribution in [3.8, 4) is 0 Å². The Hall–Kier alpha value is -0.930. The Bertz CT molecular complexity index is 498. The fourth-order valence-electron chi connectivity index (χ4n) is 2.49. The molecule has 1 heterocycles. The maximum absolute atomic E-state index is 12.9. The predicted molar refractivity (Wildman–Crippen MR) is 107 cm³/mol. The van der Waals surface area contributed by atoms with Crippen molar-refractivity contribution in [1.82, 2.24) is 15.5 Å². The fourth-order valence-corrected chi connectivity index (χ4v) is 2.49. The number of hydrogen-bond acceptors (Lipinski definition) is 3. The van der Waals surface area contributed by atoms with Gasteiger partial charge >= 0.3 is 0 Å². The first kappa shape index (κ1) is 21.1. The number of ether oxygens (including phenoxy) is 1. The predicted octanol–water partition coefficient (Wildman–Crippen LogP) is 1.87. The minimum Gasteiger partial charge on any atom is -0.374 e. The van der Waals surface area contributed by atoms with Gasteiger partial charge in [0.2, 0.25) is 0 Å². The molecule has 1 aliphatic rings. The van der Waals surface area contributed by atoms with Crippen LogP contribution >= 0.6 is 24.0 Å². The quantitative estimate of drug-likeness (QED) is 0.395. The van der Waals surface area contributed by atoms with E-state index < -0.39 is 0 Å². The van der Waals surface area contributed by atoms with E-state index in [1.165, 1.54) is 12.1 Å². The number of likely N-dealkylation sites (N-methyl/N-ethyl adjacent to an activating group) is 1. The molecule has 0 spiro atoms. The molecular weight excluding hydrogens is 422 g/mol. The lowest BCUT2D eigenvalue weighted by Crippen LogP contribution is -2.43. The second-order valence-corrected chi connectivity index (χ2v) is 5.78. The molecule has 5 nitrogen and oxygen atoms in total. The van der Waals surface area contributed by atoms with E-state index in [-0.39, 0.29) is 35.9 Å². The summed E-state index contributed by atoms with van der Waals surface area (Å²) in [7, 11) is 2.10. The molecule has 1 aliphatic heterocycles. The lowest BCUT2D eigenvalue weighted by molar-refractivity contribution is -0.0136. The standard InChI is InChI=1S/C17H27FN4O.HI/c1-3-19-17(21-12-16-13-22(2)10-11-23-16)20-9-8-14-4-6-15(18)7-5-14;/h4-7,16H,3,8-13H2,1-2H3,(H2,19,20,21);1H. The van der Waals surface area contributed by atoms with Crippen LogP contribution in [0.15, 0.2) is 29.3 Å². The molecule has 2 rings (SSSR count). The lowest BCUT2D eigenvalue weighted by Gasteiger charge is -2.29. The van der Waals surface area contributed by atoms with Crippen LogP contribution < -0.4 is 10.6 Å². The lowest BCUT2D eigenvalue weighted by atomic mass is 10.1. The molecule has 1 aromatic rings. The number of guanidine groups is 1. The number of halogens is 2. The van der Waals surface area contributed by atoms with Gasteiger partial charge in [0.05, 0.1) is 19.3 Å². The van der Waals surface area contributed by atoms with E-state index in [4.69, 9.17) is 4.74 Å². The van der Waals surface area contributed by atoms with Crippen LogP contribution in [0.5, 0.6) is 0 Å². The van der Waals surface area contributed by atoms with Gasteiger partial charge in [0.25, 0.3) is 0 Å². The highest BCUT2D eigenvalue weighted by Gasteiger charge is 2.17. The summed E-state index contributed by atoms with van der Waals surface area (Å²) in [5.74, 6) is 0.598. The first-order valence-corrected chi connectivity index (χ1v) is 8.24. The fraction of sp³-hybridized carbons (Fsp3) is 0.588. The molecule has 0 aliphatic carbocycles. The number of benzene rings is 1. The first-order valence-electron chi connectivity index (χ1n) is 8.24. The average Bonchev–Trinajstić information content (AvgIpc) is 2.54. The summed E-state index contributed by atoms with van der Waals surface area (Å²) in [4.78, 5) is 6.86. The Morgan fingerprint density at radius 2 is 2.08 bits per heavy atom. The molecule has 1 aromatic carbocycles. The van der Waals surface area contributed by atoms with Gasteiger partial charge in [-0.25, -0.2) is 4.39 Å². The van der Waals surface area contributed by atoms with E-state index >= 15 is 0 Å². The number of morpholine rings is 1. The number of nitrogens with zero attached hydrogens (tertiary/aromatic N) is 2. The topological polar surface area (TPSA) is 48.9 Å². The summed E-state index contributed by atoms with van der Waals surface area (Å²) in [6, 6.07) is 6.61. The normalized spacial score (nSPS) is 18.8. The van der Waals surface area contributed by atoms with Crippen molar-refractivity contribution in [1.29, 1.82) is 0 Å². The smallest absolute Gasteiger partial charge is 0.191 e. The second-order valence-electron chi connectivity index (χ2n) is 5.78. The van der Waals surface area contributed by atoms with Crippen molar-refractivity contribution in [2.75, 3.05) is 46.4 Å². The molecule has 1 saturated heterocycles. The zero-order valence-corrected chi connectivity index (χ0v) is 16.8. The third-order valence-corrected chi connectivity index (χ3v) is 3.76. The molecular formula is C17H28FIN4O. The Labute approximate surface area is 161 Å². The highest BCUT2D eigenvalue weighted by atomic mass is 127. The van der Waals surface area contributed by atoms with Gasteiger partial charge in [-0.05, 0) is 38.1 Å². The van der Waals surface area contributed by atoms with Crippen LogP contribution in [-0.2, 0) is 11.2 Å². The summed E-state index contributed by atoms with van der Waals surface area (Å²) in [5.41, 5.74) is 1.10. The maximum Gasteiger partial charge on any atom is 0.191 e. The van der Waals surface area contributed by atoms with Crippen LogP contribution in [0.3, 0.4) is 0 Å². The van der Waals surface area contributed by atoms with Crippen molar-refractivity contribution in [3.05, 3.63) is 35.6 Å². The molecule has 24 heavy (non-hydrogen) atoms. The molecule has 136 valence electrons. The Kier molecular flexibility index (Phi) is 10.2. The SMILES string of the molecule is CCNC(=NCC1CN(C)CCO1)NCCc1ccc(F)cc1.I. The van der Waals surface area contributed by atoms with E-state index in [0.29, 0.717) is 6.54 Å². The van der Waals surface area contributed by atoms with Gasteiger partial charge in [0.1, 0.15) is 5.82 Å². The van der Waals surface area contributed by atoms with Crippen LogP contribution in [0, 0.1) is 5.82 Å². The van der Waals surface area contributed by atoms with Gasteiger partial charge in [-0.2, -0.15) is 0 Å². The largest absolute Gasteiger partial charge is 0.374 e. The summed E-state index contributed by atoms with van der Waals surface area (Å²) in [6.07, 6.45) is 0.981. The van der Waals surface area contributed by atoms with Crippen molar-refractivity contribution in [2.45, 2.75) is 19.4 Å². The molecule has 0 radical (unpaired) electrons. The summed E-state index contributed by atoms with van der Waals surface area (Å²) in [6.45, 7) is 6.93. The van der Waals surface area contributed by atoms with Crippen molar-refractivity contribution < 1.29 is 9.13 Å². The van der Waals surface area contributed by atoms with Crippen molar-refractivity contribution >= 4 is 29.9 Å². The number of aliphatic imine (C=N–C) groups is 1. The number of hydrogen-bond donors (Lipinski definition) is 2. The van der Waals surface area contributed by atoms with Gasteiger partial charge in [0.15, 0.2) is 5.96 Å². The number of nitrogens with one attached hydrogen (secondary N) is 2. The zero-order chi connectivity index (χ0) is 16.5. The van der Waals surface area contributed by atoms with Crippen LogP contribution in [0.2, 0.25) is 0 Å². The molecule has 1 atom stereocenters. The van der Waals surface area contributed by atoms with Crippen LogP contribution in [0.25, 0.3) is 0 Å². The third-order valence-electron chi connectivity index (χ3n) is 3.76. The molecule has 1 fully saturated rings. The summed E-state index contributed by atoms with van der Waals surface area (Å²) in [5, 5.41) is 6.55. The van der Waals surface area contributed by atoms with E-state index in [2.05, 4.69) is 27.6 Å². The first-order chi connectivity index (χ1) is 11.2. The second kappa shape index (κ2) is 11.6. The van der Waals surface area contributed by atoms with Crippen LogP contribution in [0.4, 0.5) is 4.39 Å². The van der Waals surface area contributed by atoms with E-state index in [9.17, 15) is 4.39 Å². The van der Waals surface area contributed by atoms with Gasteiger partial charge in [-0.3, -0.25) is 4.99 Å². The van der Waals surface area contributed by atoms with Gasteiger partial charge in [-0.1, -0.05) is 12.1 Å². The summed E-state index contributed by atoms with van der Waals surface area (Å²) >= 11 is 0. The van der Waals surface area contributed by atoms with E-state index in [0.717, 1.165) is 50.7 Å². The maximum atomic E-state index is 12.9. The Morgan fingerprint density at radius 1 is 1.33 bits per heavy atom. The van der Waals surface area contributed by atoms with Crippen molar-refractivity contribution in [2.24, 2.45) is 4.99 Å². The zero-order valence-electron chi connectivity index (χ0n) is 14.4. The molecule has 0 aromatic heterocycles.